The van der Waals surface area contributed by atoms with E-state index in [2.05, 4.69) is 10.6 Å². The number of amides is 1. The van der Waals surface area contributed by atoms with Crippen LogP contribution in [0.3, 0.4) is 0 Å². The van der Waals surface area contributed by atoms with Gasteiger partial charge in [-0.25, -0.2) is 13.2 Å². The van der Waals surface area contributed by atoms with Crippen LogP contribution in [0.2, 0.25) is 0 Å². The van der Waals surface area contributed by atoms with Gasteiger partial charge in [-0.2, -0.15) is 0 Å². The van der Waals surface area contributed by atoms with Gasteiger partial charge in [-0.3, -0.25) is 4.79 Å². The predicted molar refractivity (Wildman–Crippen MR) is 60.5 cm³/mol. The molecule has 0 radical (unpaired) electrons. The van der Waals surface area contributed by atoms with E-state index in [1.807, 2.05) is 6.92 Å². The first-order valence-corrected chi connectivity index (χ1v) is 5.68. The molecule has 2 atom stereocenters. The van der Waals surface area contributed by atoms with E-state index in [0.717, 1.165) is 6.07 Å². The Morgan fingerprint density at radius 3 is 2.72 bits per heavy atom. The maximum absolute atomic E-state index is 13.4. The lowest BCUT2D eigenvalue weighted by atomic mass is 10.0. The molecule has 0 aliphatic carbocycles. The number of carbonyl (C=O) groups is 1. The van der Waals surface area contributed by atoms with Crippen LogP contribution in [0, 0.1) is 23.4 Å². The summed E-state index contributed by atoms with van der Waals surface area (Å²) >= 11 is 0. The molecular weight excluding hydrogens is 245 g/mol. The zero-order chi connectivity index (χ0) is 13.3. The Balaban J connectivity index is 2.16. The van der Waals surface area contributed by atoms with Gasteiger partial charge in [0.15, 0.2) is 11.6 Å². The normalized spacial score (nSPS) is 23.1. The van der Waals surface area contributed by atoms with Crippen molar-refractivity contribution >= 4 is 11.6 Å². The smallest absolute Gasteiger partial charge is 0.229 e. The second-order valence-electron chi connectivity index (χ2n) is 4.38. The molecule has 0 spiro atoms. The van der Waals surface area contributed by atoms with Gasteiger partial charge in [-0.05, 0) is 19.9 Å². The lowest BCUT2D eigenvalue weighted by molar-refractivity contribution is -0.120. The summed E-state index contributed by atoms with van der Waals surface area (Å²) in [5.74, 6) is -4.25. The van der Waals surface area contributed by atoms with Gasteiger partial charge in [-0.1, -0.05) is 0 Å². The topological polar surface area (TPSA) is 41.1 Å². The van der Waals surface area contributed by atoms with E-state index in [1.54, 1.807) is 0 Å². The molecule has 0 saturated carbocycles. The lowest BCUT2D eigenvalue weighted by Crippen LogP contribution is -2.32. The first-order valence-electron chi connectivity index (χ1n) is 5.68. The number of hydrogen-bond donors (Lipinski definition) is 2. The van der Waals surface area contributed by atoms with Crippen LogP contribution in [0.4, 0.5) is 18.9 Å². The largest absolute Gasteiger partial charge is 0.323 e. The van der Waals surface area contributed by atoms with Crippen molar-refractivity contribution in [3.63, 3.8) is 0 Å². The molecule has 3 nitrogen and oxygen atoms in total. The Morgan fingerprint density at radius 1 is 1.39 bits per heavy atom. The second-order valence-corrected chi connectivity index (χ2v) is 4.38. The first-order chi connectivity index (χ1) is 8.49. The fourth-order valence-electron chi connectivity index (χ4n) is 2.09. The Hall–Kier alpha value is -1.56. The van der Waals surface area contributed by atoms with E-state index in [0.29, 0.717) is 19.0 Å². The van der Waals surface area contributed by atoms with Gasteiger partial charge in [0.25, 0.3) is 0 Å². The van der Waals surface area contributed by atoms with Crippen LogP contribution in [-0.2, 0) is 4.79 Å². The summed E-state index contributed by atoms with van der Waals surface area (Å²) in [6, 6.07) is 1.17. The minimum atomic E-state index is -1.32. The molecule has 1 aromatic rings. The van der Waals surface area contributed by atoms with E-state index >= 15 is 0 Å². The van der Waals surface area contributed by atoms with Crippen molar-refractivity contribution in [2.45, 2.75) is 19.4 Å². The lowest BCUT2D eigenvalue weighted by Gasteiger charge is -2.15. The molecule has 1 amide bonds. The minimum absolute atomic E-state index is 0.0357. The summed E-state index contributed by atoms with van der Waals surface area (Å²) in [6.45, 7) is 2.53. The summed E-state index contributed by atoms with van der Waals surface area (Å²) in [6.07, 6.45) is 0.617. The van der Waals surface area contributed by atoms with Gasteiger partial charge < -0.3 is 10.6 Å². The van der Waals surface area contributed by atoms with Gasteiger partial charge in [0, 0.05) is 18.2 Å². The molecular formula is C12H13F3N2O. The van der Waals surface area contributed by atoms with Crippen LogP contribution in [0.1, 0.15) is 13.3 Å². The van der Waals surface area contributed by atoms with Gasteiger partial charge in [0.2, 0.25) is 5.91 Å². The molecule has 1 aromatic carbocycles. The molecule has 2 rings (SSSR count). The highest BCUT2D eigenvalue weighted by atomic mass is 19.2. The van der Waals surface area contributed by atoms with Crippen molar-refractivity contribution in [3.05, 3.63) is 29.6 Å². The van der Waals surface area contributed by atoms with Crippen LogP contribution >= 0.6 is 0 Å². The SMILES string of the molecule is CC1NCCC1C(=O)Nc1cc(F)cc(F)c1F. The summed E-state index contributed by atoms with van der Waals surface area (Å²) in [5, 5.41) is 5.30. The summed E-state index contributed by atoms with van der Waals surface area (Å²) in [4.78, 5) is 11.8. The average molecular weight is 258 g/mol. The molecule has 1 heterocycles. The van der Waals surface area contributed by atoms with E-state index in [4.69, 9.17) is 0 Å². The highest BCUT2D eigenvalue weighted by Crippen LogP contribution is 2.22. The standard InChI is InChI=1S/C12H13F3N2O/c1-6-8(2-3-16-6)12(18)17-10-5-7(13)4-9(14)11(10)15/h4-6,8,16H,2-3H2,1H3,(H,17,18). The van der Waals surface area contributed by atoms with Crippen LogP contribution in [0.15, 0.2) is 12.1 Å². The molecule has 0 bridgehead atoms. The van der Waals surface area contributed by atoms with Crippen molar-refractivity contribution in [2.75, 3.05) is 11.9 Å². The number of rotatable bonds is 2. The zero-order valence-electron chi connectivity index (χ0n) is 9.77. The van der Waals surface area contributed by atoms with Gasteiger partial charge in [0.1, 0.15) is 5.82 Å². The molecule has 1 aliphatic heterocycles. The Morgan fingerprint density at radius 2 is 2.11 bits per heavy atom. The number of benzene rings is 1. The Labute approximate surface area is 102 Å². The third-order valence-corrected chi connectivity index (χ3v) is 3.11. The number of nitrogens with one attached hydrogen (secondary N) is 2. The van der Waals surface area contributed by atoms with Gasteiger partial charge in [-0.15, -0.1) is 0 Å². The van der Waals surface area contributed by atoms with Gasteiger partial charge in [0.05, 0.1) is 11.6 Å². The number of anilines is 1. The van der Waals surface area contributed by atoms with Crippen molar-refractivity contribution in [1.29, 1.82) is 0 Å². The fourth-order valence-corrected chi connectivity index (χ4v) is 2.09. The third kappa shape index (κ3) is 2.48. The molecule has 1 fully saturated rings. The molecule has 2 unspecified atom stereocenters. The van der Waals surface area contributed by atoms with Crippen LogP contribution in [0.25, 0.3) is 0 Å². The third-order valence-electron chi connectivity index (χ3n) is 3.11. The van der Waals surface area contributed by atoms with E-state index in [-0.39, 0.29) is 12.0 Å². The average Bonchev–Trinajstić information content (AvgIpc) is 2.71. The van der Waals surface area contributed by atoms with E-state index < -0.39 is 29.0 Å². The van der Waals surface area contributed by atoms with Gasteiger partial charge >= 0.3 is 0 Å². The van der Waals surface area contributed by atoms with E-state index in [1.165, 1.54) is 0 Å². The van der Waals surface area contributed by atoms with Crippen molar-refractivity contribution in [1.82, 2.24) is 5.32 Å². The van der Waals surface area contributed by atoms with E-state index in [9.17, 15) is 18.0 Å². The van der Waals surface area contributed by atoms with Crippen molar-refractivity contribution < 1.29 is 18.0 Å². The molecule has 1 aliphatic rings. The van der Waals surface area contributed by atoms with Crippen LogP contribution in [-0.4, -0.2) is 18.5 Å². The second kappa shape index (κ2) is 4.97. The first kappa shape index (κ1) is 12.9. The Bertz CT molecular complexity index is 479. The monoisotopic (exact) mass is 258 g/mol. The summed E-state index contributed by atoms with van der Waals surface area (Å²) in [7, 11) is 0. The molecule has 98 valence electrons. The Kier molecular flexibility index (Phi) is 3.56. The zero-order valence-corrected chi connectivity index (χ0v) is 9.77. The highest BCUT2D eigenvalue weighted by molar-refractivity contribution is 5.93. The molecule has 1 saturated heterocycles. The summed E-state index contributed by atoms with van der Waals surface area (Å²) < 4.78 is 39.3. The number of carbonyl (C=O) groups excluding carboxylic acids is 1. The molecule has 0 aromatic heterocycles. The number of hydrogen-bond acceptors (Lipinski definition) is 2. The number of halogens is 3. The molecule has 6 heteroatoms. The molecule has 2 N–H and O–H groups in total. The maximum Gasteiger partial charge on any atom is 0.229 e. The quantitative estimate of drug-likeness (QED) is 0.797. The van der Waals surface area contributed by atoms with Crippen LogP contribution < -0.4 is 10.6 Å². The van der Waals surface area contributed by atoms with Crippen LogP contribution in [0.5, 0.6) is 0 Å². The predicted octanol–water partition coefficient (Wildman–Crippen LogP) is 2.04. The summed E-state index contributed by atoms with van der Waals surface area (Å²) in [5.41, 5.74) is -0.461. The van der Waals surface area contributed by atoms with Crippen molar-refractivity contribution in [3.8, 4) is 0 Å². The van der Waals surface area contributed by atoms with Crippen molar-refractivity contribution in [2.24, 2.45) is 5.92 Å². The maximum atomic E-state index is 13.4. The fraction of sp³-hybridized carbons (Fsp3) is 0.417. The highest BCUT2D eigenvalue weighted by Gasteiger charge is 2.30. The minimum Gasteiger partial charge on any atom is -0.323 e. The molecule has 18 heavy (non-hydrogen) atoms.